The van der Waals surface area contributed by atoms with E-state index in [2.05, 4.69) is 5.32 Å². The van der Waals surface area contributed by atoms with Crippen LogP contribution in [0.25, 0.3) is 5.57 Å². The van der Waals surface area contributed by atoms with Crippen LogP contribution in [0, 0.1) is 11.3 Å². The predicted molar refractivity (Wildman–Crippen MR) is 82.7 cm³/mol. The molecular weight excluding hydrogens is 279 g/mol. The van der Waals surface area contributed by atoms with Crippen LogP contribution in [-0.2, 0) is 0 Å². The van der Waals surface area contributed by atoms with Crippen LogP contribution in [0.4, 0.5) is 4.39 Å². The van der Waals surface area contributed by atoms with Gasteiger partial charge in [-0.3, -0.25) is 0 Å². The lowest BCUT2D eigenvalue weighted by Crippen LogP contribution is -2.16. The molecule has 3 nitrogen and oxygen atoms in total. The van der Waals surface area contributed by atoms with Crippen LogP contribution in [-0.4, -0.2) is 6.54 Å². The zero-order chi connectivity index (χ0) is 15.4. The number of hydrogen-bond acceptors (Lipinski definition) is 3. The third kappa shape index (κ3) is 2.84. The van der Waals surface area contributed by atoms with Crippen molar-refractivity contribution in [1.82, 2.24) is 5.32 Å². The first kappa shape index (κ1) is 13.9. The van der Waals surface area contributed by atoms with E-state index >= 15 is 0 Å². The number of nitriles is 1. The number of benzene rings is 2. The number of rotatable bonds is 3. The first-order valence-electron chi connectivity index (χ1n) is 6.84. The number of dihydropyridines is 1. The molecule has 0 atom stereocenters. The summed E-state index contributed by atoms with van der Waals surface area (Å²) >= 11 is 0. The van der Waals surface area contributed by atoms with E-state index in [-0.39, 0.29) is 5.57 Å². The molecule has 1 aliphatic heterocycles. The van der Waals surface area contributed by atoms with Gasteiger partial charge in [-0.25, -0.2) is 4.39 Å². The molecule has 0 fully saturated rings. The first-order valence-corrected chi connectivity index (χ1v) is 6.84. The number of nitrogens with one attached hydrogen (secondary N) is 1. The van der Waals surface area contributed by atoms with E-state index in [1.54, 1.807) is 12.1 Å². The van der Waals surface area contributed by atoms with Gasteiger partial charge in [0.15, 0.2) is 5.83 Å². The van der Waals surface area contributed by atoms with Gasteiger partial charge in [-0.2, -0.15) is 5.26 Å². The minimum absolute atomic E-state index is 0.0791. The lowest BCUT2D eigenvalue weighted by molar-refractivity contribution is 0.482. The summed E-state index contributed by atoms with van der Waals surface area (Å²) in [7, 11) is 0. The van der Waals surface area contributed by atoms with Crippen molar-refractivity contribution < 1.29 is 9.13 Å². The molecule has 3 rings (SSSR count). The predicted octanol–water partition coefficient (Wildman–Crippen LogP) is 4.17. The van der Waals surface area contributed by atoms with Crippen LogP contribution in [0.3, 0.4) is 0 Å². The van der Waals surface area contributed by atoms with E-state index in [1.165, 1.54) is 6.20 Å². The number of halogens is 1. The van der Waals surface area contributed by atoms with Crippen LogP contribution in [0.2, 0.25) is 0 Å². The number of ether oxygens (including phenoxy) is 1. The van der Waals surface area contributed by atoms with Crippen molar-refractivity contribution in [2.24, 2.45) is 0 Å². The Morgan fingerprint density at radius 2 is 1.68 bits per heavy atom. The van der Waals surface area contributed by atoms with Crippen molar-refractivity contribution in [3.63, 3.8) is 0 Å². The summed E-state index contributed by atoms with van der Waals surface area (Å²) in [4.78, 5) is 0. The molecule has 0 aromatic heterocycles. The molecule has 0 unspecified atom stereocenters. The zero-order valence-corrected chi connectivity index (χ0v) is 11.7. The first-order chi connectivity index (χ1) is 10.8. The highest BCUT2D eigenvalue weighted by molar-refractivity contribution is 5.78. The summed E-state index contributed by atoms with van der Waals surface area (Å²) in [5, 5.41) is 11.9. The molecule has 2 aromatic carbocycles. The second-order valence-corrected chi connectivity index (χ2v) is 4.78. The van der Waals surface area contributed by atoms with Crippen LogP contribution in [0.15, 0.2) is 72.2 Å². The Hall–Kier alpha value is -3.06. The molecule has 1 N–H and O–H groups in total. The van der Waals surface area contributed by atoms with Gasteiger partial charge in [-0.1, -0.05) is 30.3 Å². The highest BCUT2D eigenvalue weighted by Gasteiger charge is 2.17. The fraction of sp³-hybridized carbons (Fsp3) is 0.0556. The number of allylic oxidation sites excluding steroid dienone is 2. The molecule has 108 valence electrons. The summed E-state index contributed by atoms with van der Waals surface area (Å²) in [6, 6.07) is 18.6. The molecule has 0 radical (unpaired) electrons. The van der Waals surface area contributed by atoms with Gasteiger partial charge in [0, 0.05) is 12.7 Å². The van der Waals surface area contributed by atoms with E-state index in [0.717, 1.165) is 11.3 Å². The lowest BCUT2D eigenvalue weighted by Gasteiger charge is -2.15. The van der Waals surface area contributed by atoms with Crippen LogP contribution < -0.4 is 10.1 Å². The van der Waals surface area contributed by atoms with Crippen molar-refractivity contribution in [2.45, 2.75) is 0 Å². The Kier molecular flexibility index (Phi) is 3.88. The Balaban J connectivity index is 1.86. The third-order valence-corrected chi connectivity index (χ3v) is 3.34. The molecule has 0 aliphatic carbocycles. The van der Waals surface area contributed by atoms with Crippen LogP contribution in [0.1, 0.15) is 5.56 Å². The normalized spacial score (nSPS) is 13.9. The van der Waals surface area contributed by atoms with Crippen molar-refractivity contribution in [3.8, 4) is 17.6 Å². The summed E-state index contributed by atoms with van der Waals surface area (Å²) in [5.74, 6) is 0.905. The third-order valence-electron chi connectivity index (χ3n) is 3.34. The largest absolute Gasteiger partial charge is 0.457 e. The Morgan fingerprint density at radius 1 is 1.00 bits per heavy atom. The second-order valence-electron chi connectivity index (χ2n) is 4.78. The average molecular weight is 292 g/mol. The lowest BCUT2D eigenvalue weighted by atomic mass is 9.98. The maximum Gasteiger partial charge on any atom is 0.156 e. The number of para-hydroxylation sites is 1. The van der Waals surface area contributed by atoms with Crippen molar-refractivity contribution in [1.29, 1.82) is 5.26 Å². The molecule has 0 bridgehead atoms. The highest BCUT2D eigenvalue weighted by Crippen LogP contribution is 2.28. The van der Waals surface area contributed by atoms with Crippen LogP contribution in [0.5, 0.6) is 11.5 Å². The minimum Gasteiger partial charge on any atom is -0.457 e. The number of hydrogen-bond donors (Lipinski definition) is 1. The molecule has 0 saturated heterocycles. The van der Waals surface area contributed by atoms with Crippen LogP contribution >= 0.6 is 0 Å². The molecule has 4 heteroatoms. The topological polar surface area (TPSA) is 45.0 Å². The summed E-state index contributed by atoms with van der Waals surface area (Å²) in [5.41, 5.74) is 1.52. The minimum atomic E-state index is -0.534. The SMILES string of the molecule is N#CC1=C(c2ccc(Oc3ccccc3)cc2)CNC=C1F. The standard InChI is InChI=1S/C18H13FN2O/c19-18-12-21-11-17(16(18)10-20)13-6-8-15(9-7-13)22-14-4-2-1-3-5-14/h1-9,12,21H,11H2. The maximum atomic E-state index is 13.6. The van der Waals surface area contributed by atoms with E-state index in [1.807, 2.05) is 48.5 Å². The highest BCUT2D eigenvalue weighted by atomic mass is 19.1. The van der Waals surface area contributed by atoms with Gasteiger partial charge in [-0.15, -0.1) is 0 Å². The van der Waals surface area contributed by atoms with Gasteiger partial charge in [0.2, 0.25) is 0 Å². The summed E-state index contributed by atoms with van der Waals surface area (Å²) in [6.45, 7) is 0.426. The number of nitrogens with zero attached hydrogens (tertiary/aromatic N) is 1. The average Bonchev–Trinajstić information content (AvgIpc) is 2.56. The molecular formula is C18H13FN2O. The molecule has 0 saturated carbocycles. The summed E-state index contributed by atoms with van der Waals surface area (Å²) in [6.07, 6.45) is 1.22. The summed E-state index contributed by atoms with van der Waals surface area (Å²) < 4.78 is 19.4. The molecule has 1 aliphatic rings. The molecule has 2 aromatic rings. The Bertz CT molecular complexity index is 771. The fourth-order valence-corrected chi connectivity index (χ4v) is 2.26. The van der Waals surface area contributed by atoms with E-state index in [0.29, 0.717) is 17.9 Å². The Labute approximate surface area is 128 Å². The smallest absolute Gasteiger partial charge is 0.156 e. The molecule has 0 amide bonds. The molecule has 1 heterocycles. The molecule has 22 heavy (non-hydrogen) atoms. The van der Waals surface area contributed by atoms with E-state index in [9.17, 15) is 4.39 Å². The van der Waals surface area contributed by atoms with Gasteiger partial charge in [-0.05, 0) is 35.4 Å². The fourth-order valence-electron chi connectivity index (χ4n) is 2.26. The second kappa shape index (κ2) is 6.15. The van der Waals surface area contributed by atoms with Crippen molar-refractivity contribution in [2.75, 3.05) is 6.54 Å². The monoisotopic (exact) mass is 292 g/mol. The molecule has 0 spiro atoms. The van der Waals surface area contributed by atoms with Gasteiger partial charge in [0.25, 0.3) is 0 Å². The zero-order valence-electron chi connectivity index (χ0n) is 11.7. The van der Waals surface area contributed by atoms with Gasteiger partial charge >= 0.3 is 0 Å². The van der Waals surface area contributed by atoms with E-state index < -0.39 is 5.83 Å². The van der Waals surface area contributed by atoms with Gasteiger partial charge < -0.3 is 10.1 Å². The maximum absolute atomic E-state index is 13.6. The van der Waals surface area contributed by atoms with Crippen molar-refractivity contribution in [3.05, 3.63) is 77.8 Å². The Morgan fingerprint density at radius 3 is 2.36 bits per heavy atom. The van der Waals surface area contributed by atoms with E-state index in [4.69, 9.17) is 10.00 Å². The quantitative estimate of drug-likeness (QED) is 0.923. The van der Waals surface area contributed by atoms with Gasteiger partial charge in [0.05, 0.1) is 5.57 Å². The van der Waals surface area contributed by atoms with Gasteiger partial charge in [0.1, 0.15) is 17.6 Å². The van der Waals surface area contributed by atoms with Crippen molar-refractivity contribution >= 4 is 5.57 Å².